The van der Waals surface area contributed by atoms with E-state index in [-0.39, 0.29) is 0 Å². The number of hydrogen-bond donors (Lipinski definition) is 1. The van der Waals surface area contributed by atoms with E-state index in [2.05, 4.69) is 24.1 Å². The highest BCUT2D eigenvalue weighted by molar-refractivity contribution is 4.98. The van der Waals surface area contributed by atoms with Crippen LogP contribution in [0.1, 0.15) is 46.0 Å². The average molecular weight is 223 g/mol. The molecule has 92 valence electrons. The first-order chi connectivity index (χ1) is 7.83. The van der Waals surface area contributed by atoms with Crippen molar-refractivity contribution in [3.8, 4) is 11.8 Å². The summed E-state index contributed by atoms with van der Waals surface area (Å²) in [4.78, 5) is 0. The van der Waals surface area contributed by atoms with Gasteiger partial charge in [0, 0.05) is 19.6 Å². The molecule has 0 radical (unpaired) electrons. The lowest BCUT2D eigenvalue weighted by atomic mass is 10.0. The number of rotatable bonds is 8. The summed E-state index contributed by atoms with van der Waals surface area (Å²) in [5.41, 5.74) is 0. The Morgan fingerprint density at radius 2 is 2.19 bits per heavy atom. The molecule has 2 heteroatoms. The third-order valence-electron chi connectivity index (χ3n) is 3.17. The van der Waals surface area contributed by atoms with Crippen LogP contribution in [0.5, 0.6) is 0 Å². The van der Waals surface area contributed by atoms with Crippen LogP contribution >= 0.6 is 0 Å². The van der Waals surface area contributed by atoms with Gasteiger partial charge in [-0.1, -0.05) is 6.92 Å². The van der Waals surface area contributed by atoms with Crippen LogP contribution in [0.2, 0.25) is 0 Å². The van der Waals surface area contributed by atoms with Crippen molar-refractivity contribution in [2.24, 2.45) is 5.92 Å². The summed E-state index contributed by atoms with van der Waals surface area (Å²) < 4.78 is 5.65. The van der Waals surface area contributed by atoms with Crippen molar-refractivity contribution in [3.63, 3.8) is 0 Å². The molecule has 0 heterocycles. The van der Waals surface area contributed by atoms with Crippen molar-refractivity contribution in [2.45, 2.75) is 58.1 Å². The Labute approximate surface area is 100 Å². The zero-order valence-corrected chi connectivity index (χ0v) is 10.9. The van der Waals surface area contributed by atoms with Gasteiger partial charge in [0.2, 0.25) is 0 Å². The Kier molecular flexibility index (Phi) is 6.52. The molecular weight excluding hydrogens is 198 g/mol. The average Bonchev–Trinajstić information content (AvgIpc) is 3.10. The Bertz CT molecular complexity index is 237. The minimum Gasteiger partial charge on any atom is -0.380 e. The molecular formula is C14H25NO. The molecule has 0 aromatic rings. The third kappa shape index (κ3) is 4.55. The van der Waals surface area contributed by atoms with Crippen molar-refractivity contribution < 1.29 is 4.74 Å². The van der Waals surface area contributed by atoms with Gasteiger partial charge in [0.25, 0.3) is 0 Å². The van der Waals surface area contributed by atoms with Crippen LogP contribution in [0.3, 0.4) is 0 Å². The van der Waals surface area contributed by atoms with Gasteiger partial charge in [-0.05, 0) is 45.1 Å². The minimum atomic E-state index is 0.394. The quantitative estimate of drug-likeness (QED) is 0.639. The van der Waals surface area contributed by atoms with Crippen LogP contribution in [0.15, 0.2) is 0 Å². The second-order valence-electron chi connectivity index (χ2n) is 4.56. The van der Waals surface area contributed by atoms with Crippen LogP contribution in [0, 0.1) is 17.8 Å². The molecule has 0 aromatic heterocycles. The van der Waals surface area contributed by atoms with Gasteiger partial charge in [0.15, 0.2) is 0 Å². The molecule has 0 amide bonds. The van der Waals surface area contributed by atoms with E-state index in [0.29, 0.717) is 12.1 Å². The van der Waals surface area contributed by atoms with Crippen molar-refractivity contribution in [2.75, 3.05) is 13.7 Å². The highest BCUT2D eigenvalue weighted by atomic mass is 16.5. The number of nitrogens with one attached hydrogen (secondary N) is 1. The van der Waals surface area contributed by atoms with Crippen molar-refractivity contribution in [1.29, 1.82) is 0 Å². The molecule has 0 aromatic carbocycles. The lowest BCUT2D eigenvalue weighted by molar-refractivity contribution is 0.0488. The van der Waals surface area contributed by atoms with Crippen LogP contribution in [0.4, 0.5) is 0 Å². The Morgan fingerprint density at radius 1 is 1.44 bits per heavy atom. The molecule has 1 aliphatic rings. The predicted molar refractivity (Wildman–Crippen MR) is 68.3 cm³/mol. The van der Waals surface area contributed by atoms with Gasteiger partial charge in [-0.3, -0.25) is 0 Å². The van der Waals surface area contributed by atoms with Gasteiger partial charge in [-0.2, -0.15) is 0 Å². The SMILES string of the molecule is CC#CCCC(NCCC)C(OC)C1CC1. The van der Waals surface area contributed by atoms with Crippen LogP contribution in [-0.4, -0.2) is 25.8 Å². The third-order valence-corrected chi connectivity index (χ3v) is 3.17. The Hall–Kier alpha value is -0.520. The zero-order valence-electron chi connectivity index (χ0n) is 10.9. The van der Waals surface area contributed by atoms with Gasteiger partial charge in [0.05, 0.1) is 6.10 Å². The summed E-state index contributed by atoms with van der Waals surface area (Å²) in [6.07, 6.45) is 6.33. The molecule has 0 spiro atoms. The van der Waals surface area contributed by atoms with Gasteiger partial charge >= 0.3 is 0 Å². The predicted octanol–water partition coefficient (Wildman–Crippen LogP) is 2.58. The molecule has 1 saturated carbocycles. The largest absolute Gasteiger partial charge is 0.380 e. The molecule has 0 bridgehead atoms. The van der Waals surface area contributed by atoms with Crippen LogP contribution in [0.25, 0.3) is 0 Å². The fourth-order valence-corrected chi connectivity index (χ4v) is 2.17. The number of methoxy groups -OCH3 is 1. The van der Waals surface area contributed by atoms with E-state index >= 15 is 0 Å². The maximum Gasteiger partial charge on any atom is 0.0752 e. The number of hydrogen-bond acceptors (Lipinski definition) is 2. The first kappa shape index (κ1) is 13.5. The topological polar surface area (TPSA) is 21.3 Å². The van der Waals surface area contributed by atoms with Gasteiger partial charge in [-0.15, -0.1) is 11.8 Å². The molecule has 16 heavy (non-hydrogen) atoms. The normalized spacial score (nSPS) is 18.7. The van der Waals surface area contributed by atoms with Crippen molar-refractivity contribution in [3.05, 3.63) is 0 Å². The summed E-state index contributed by atoms with van der Waals surface area (Å²) in [6.45, 7) is 5.19. The highest BCUT2D eigenvalue weighted by Crippen LogP contribution is 2.36. The molecule has 1 N–H and O–H groups in total. The fourth-order valence-electron chi connectivity index (χ4n) is 2.17. The molecule has 2 unspecified atom stereocenters. The van der Waals surface area contributed by atoms with Crippen LogP contribution < -0.4 is 5.32 Å². The molecule has 1 rings (SSSR count). The van der Waals surface area contributed by atoms with Crippen LogP contribution in [-0.2, 0) is 4.74 Å². The van der Waals surface area contributed by atoms with E-state index in [1.54, 1.807) is 0 Å². The smallest absolute Gasteiger partial charge is 0.0752 e. The molecule has 2 atom stereocenters. The second-order valence-corrected chi connectivity index (χ2v) is 4.56. The molecule has 0 aliphatic heterocycles. The summed E-state index contributed by atoms with van der Waals surface area (Å²) in [5.74, 6) is 6.90. The minimum absolute atomic E-state index is 0.394. The van der Waals surface area contributed by atoms with Crippen molar-refractivity contribution in [1.82, 2.24) is 5.32 Å². The first-order valence-corrected chi connectivity index (χ1v) is 6.49. The van der Waals surface area contributed by atoms with Gasteiger partial charge in [-0.25, -0.2) is 0 Å². The Morgan fingerprint density at radius 3 is 2.69 bits per heavy atom. The molecule has 1 fully saturated rings. The Balaban J connectivity index is 2.41. The summed E-state index contributed by atoms with van der Waals surface area (Å²) in [5, 5.41) is 3.61. The monoisotopic (exact) mass is 223 g/mol. The maximum atomic E-state index is 5.65. The van der Waals surface area contributed by atoms with E-state index < -0.39 is 0 Å². The summed E-state index contributed by atoms with van der Waals surface area (Å²) in [6, 6.07) is 0.485. The van der Waals surface area contributed by atoms with E-state index in [1.165, 1.54) is 19.3 Å². The molecule has 1 aliphatic carbocycles. The second kappa shape index (κ2) is 7.70. The zero-order chi connectivity index (χ0) is 11.8. The van der Waals surface area contributed by atoms with E-state index in [9.17, 15) is 0 Å². The lowest BCUT2D eigenvalue weighted by Gasteiger charge is -2.26. The standard InChI is InChI=1S/C14H25NO/c1-4-6-7-8-13(15-11-5-2)14(16-3)12-9-10-12/h12-15H,5,7-11H2,1-3H3. The van der Waals surface area contributed by atoms with E-state index in [1.807, 2.05) is 14.0 Å². The lowest BCUT2D eigenvalue weighted by Crippen LogP contribution is -2.42. The maximum absolute atomic E-state index is 5.65. The van der Waals surface area contributed by atoms with Gasteiger partial charge in [0.1, 0.15) is 0 Å². The molecule has 2 nitrogen and oxygen atoms in total. The summed E-state index contributed by atoms with van der Waals surface area (Å²) >= 11 is 0. The van der Waals surface area contributed by atoms with Crippen molar-refractivity contribution >= 4 is 0 Å². The van der Waals surface area contributed by atoms with E-state index in [4.69, 9.17) is 4.74 Å². The highest BCUT2D eigenvalue weighted by Gasteiger charge is 2.36. The van der Waals surface area contributed by atoms with Gasteiger partial charge < -0.3 is 10.1 Å². The first-order valence-electron chi connectivity index (χ1n) is 6.49. The fraction of sp³-hybridized carbons (Fsp3) is 0.857. The molecule has 0 saturated heterocycles. The summed E-state index contributed by atoms with van der Waals surface area (Å²) in [7, 11) is 1.84. The number of ether oxygens (including phenoxy) is 1. The van der Waals surface area contributed by atoms with E-state index in [0.717, 1.165) is 25.3 Å².